The van der Waals surface area contributed by atoms with Crippen LogP contribution in [0.25, 0.3) is 22.4 Å². The zero-order chi connectivity index (χ0) is 17.8. The Morgan fingerprint density at radius 3 is 2.36 bits per heavy atom. The molecule has 5 nitrogen and oxygen atoms in total. The van der Waals surface area contributed by atoms with Crippen molar-refractivity contribution in [3.05, 3.63) is 66.2 Å². The molecular formula is C20H16N4O. The molecule has 0 aliphatic carbocycles. The maximum absolute atomic E-state index is 11.1. The Bertz CT molecular complexity index is 957. The van der Waals surface area contributed by atoms with Crippen LogP contribution in [0.3, 0.4) is 0 Å². The second kappa shape index (κ2) is 6.85. The lowest BCUT2D eigenvalue weighted by Gasteiger charge is -2.11. The first-order valence-corrected chi connectivity index (χ1v) is 7.72. The van der Waals surface area contributed by atoms with Crippen LogP contribution < -0.4 is 11.1 Å². The Kier molecular flexibility index (Phi) is 4.44. The first-order valence-electron chi connectivity index (χ1n) is 7.72. The van der Waals surface area contributed by atoms with E-state index in [9.17, 15) is 10.1 Å². The van der Waals surface area contributed by atoms with Gasteiger partial charge < -0.3 is 11.1 Å². The molecule has 0 aliphatic heterocycles. The van der Waals surface area contributed by atoms with Crippen LogP contribution in [0.1, 0.15) is 12.5 Å². The molecule has 2 aromatic carbocycles. The number of nitrogen functional groups attached to an aromatic ring is 1. The number of nitriles is 1. The second-order valence-corrected chi connectivity index (χ2v) is 5.55. The van der Waals surface area contributed by atoms with Gasteiger partial charge in [0.05, 0.1) is 5.69 Å². The molecule has 3 rings (SSSR count). The molecule has 0 spiro atoms. The molecule has 0 atom stereocenters. The van der Waals surface area contributed by atoms with Gasteiger partial charge in [-0.1, -0.05) is 42.5 Å². The fourth-order valence-corrected chi connectivity index (χ4v) is 2.60. The van der Waals surface area contributed by atoms with Crippen LogP contribution in [0.2, 0.25) is 0 Å². The molecule has 1 amide bonds. The van der Waals surface area contributed by atoms with Crippen molar-refractivity contribution in [1.29, 1.82) is 5.26 Å². The zero-order valence-corrected chi connectivity index (χ0v) is 13.7. The SMILES string of the molecule is CC(=O)Nc1ccc(-c2cc(-c3ccccc3)nc(N)c2C#N)cc1. The highest BCUT2D eigenvalue weighted by atomic mass is 16.1. The predicted molar refractivity (Wildman–Crippen MR) is 98.5 cm³/mol. The van der Waals surface area contributed by atoms with Gasteiger partial charge in [0, 0.05) is 23.7 Å². The van der Waals surface area contributed by atoms with E-state index >= 15 is 0 Å². The Labute approximate surface area is 145 Å². The van der Waals surface area contributed by atoms with Crippen molar-refractivity contribution in [2.45, 2.75) is 6.92 Å². The van der Waals surface area contributed by atoms with Gasteiger partial charge in [0.15, 0.2) is 0 Å². The second-order valence-electron chi connectivity index (χ2n) is 5.55. The predicted octanol–water partition coefficient (Wildman–Crippen LogP) is 3.83. The zero-order valence-electron chi connectivity index (χ0n) is 13.7. The number of nitrogens with zero attached hydrogens (tertiary/aromatic N) is 2. The van der Waals surface area contributed by atoms with E-state index < -0.39 is 0 Å². The molecule has 0 radical (unpaired) electrons. The van der Waals surface area contributed by atoms with Gasteiger partial charge in [-0.05, 0) is 23.8 Å². The number of aromatic nitrogens is 1. The topological polar surface area (TPSA) is 91.8 Å². The summed E-state index contributed by atoms with van der Waals surface area (Å²) in [6.45, 7) is 1.46. The molecule has 0 aliphatic rings. The minimum absolute atomic E-state index is 0.134. The van der Waals surface area contributed by atoms with Gasteiger partial charge in [-0.25, -0.2) is 4.98 Å². The molecule has 0 bridgehead atoms. The molecule has 1 aromatic heterocycles. The molecule has 25 heavy (non-hydrogen) atoms. The lowest BCUT2D eigenvalue weighted by atomic mass is 9.98. The number of nitrogens with two attached hydrogens (primary N) is 1. The van der Waals surface area contributed by atoms with E-state index in [0.717, 1.165) is 11.1 Å². The summed E-state index contributed by atoms with van der Waals surface area (Å²) in [7, 11) is 0. The van der Waals surface area contributed by atoms with Crippen LogP contribution in [0, 0.1) is 11.3 Å². The third-order valence-electron chi connectivity index (χ3n) is 3.75. The van der Waals surface area contributed by atoms with E-state index in [0.29, 0.717) is 22.5 Å². The van der Waals surface area contributed by atoms with Gasteiger partial charge >= 0.3 is 0 Å². The molecule has 0 unspecified atom stereocenters. The Morgan fingerprint density at radius 1 is 1.08 bits per heavy atom. The van der Waals surface area contributed by atoms with E-state index in [-0.39, 0.29) is 11.7 Å². The minimum Gasteiger partial charge on any atom is -0.383 e. The highest BCUT2D eigenvalue weighted by Crippen LogP contribution is 2.31. The lowest BCUT2D eigenvalue weighted by molar-refractivity contribution is -0.114. The fraction of sp³-hybridized carbons (Fsp3) is 0.0500. The summed E-state index contributed by atoms with van der Waals surface area (Å²) in [5, 5.41) is 12.2. The molecule has 0 saturated heterocycles. The molecule has 3 N–H and O–H groups in total. The number of anilines is 2. The van der Waals surface area contributed by atoms with Crippen LogP contribution in [0.15, 0.2) is 60.7 Å². The Morgan fingerprint density at radius 2 is 1.76 bits per heavy atom. The van der Waals surface area contributed by atoms with Gasteiger partial charge in [0.1, 0.15) is 17.5 Å². The van der Waals surface area contributed by atoms with Gasteiger partial charge in [0.25, 0.3) is 0 Å². The minimum atomic E-state index is -0.134. The van der Waals surface area contributed by atoms with E-state index in [1.165, 1.54) is 6.92 Å². The number of benzene rings is 2. The van der Waals surface area contributed by atoms with Crippen LogP contribution in [0.5, 0.6) is 0 Å². The third kappa shape index (κ3) is 3.48. The average molecular weight is 328 g/mol. The number of rotatable bonds is 3. The maximum atomic E-state index is 11.1. The van der Waals surface area contributed by atoms with Gasteiger partial charge in [0.2, 0.25) is 5.91 Å². The quantitative estimate of drug-likeness (QED) is 0.764. The van der Waals surface area contributed by atoms with E-state index in [1.807, 2.05) is 48.5 Å². The Hall–Kier alpha value is -3.65. The van der Waals surface area contributed by atoms with Crippen molar-refractivity contribution in [2.24, 2.45) is 0 Å². The first-order chi connectivity index (χ1) is 12.1. The highest BCUT2D eigenvalue weighted by Gasteiger charge is 2.13. The molecule has 1 heterocycles. The van der Waals surface area contributed by atoms with E-state index in [2.05, 4.69) is 16.4 Å². The summed E-state index contributed by atoms with van der Waals surface area (Å²) in [6.07, 6.45) is 0. The summed E-state index contributed by atoms with van der Waals surface area (Å²) >= 11 is 0. The normalized spacial score (nSPS) is 10.1. The van der Waals surface area contributed by atoms with Gasteiger partial charge in [-0.15, -0.1) is 0 Å². The van der Waals surface area contributed by atoms with Crippen molar-refractivity contribution in [3.63, 3.8) is 0 Å². The van der Waals surface area contributed by atoms with E-state index in [4.69, 9.17) is 5.73 Å². The average Bonchev–Trinajstić information content (AvgIpc) is 2.62. The number of nitrogens with one attached hydrogen (secondary N) is 1. The van der Waals surface area contributed by atoms with Gasteiger partial charge in [-0.3, -0.25) is 4.79 Å². The number of carbonyl (C=O) groups excluding carboxylic acids is 1. The molecular weight excluding hydrogens is 312 g/mol. The van der Waals surface area contributed by atoms with Crippen molar-refractivity contribution < 1.29 is 4.79 Å². The van der Waals surface area contributed by atoms with Crippen molar-refractivity contribution in [1.82, 2.24) is 4.98 Å². The Balaban J connectivity index is 2.10. The van der Waals surface area contributed by atoms with Crippen LogP contribution >= 0.6 is 0 Å². The summed E-state index contributed by atoms with van der Waals surface area (Å²) in [5.74, 6) is 0.0646. The smallest absolute Gasteiger partial charge is 0.221 e. The third-order valence-corrected chi connectivity index (χ3v) is 3.75. The molecule has 0 saturated carbocycles. The fourth-order valence-electron chi connectivity index (χ4n) is 2.60. The highest BCUT2D eigenvalue weighted by molar-refractivity contribution is 5.89. The molecule has 122 valence electrons. The largest absolute Gasteiger partial charge is 0.383 e. The summed E-state index contributed by atoms with van der Waals surface area (Å²) in [4.78, 5) is 15.5. The number of pyridine rings is 1. The molecule has 3 aromatic rings. The monoisotopic (exact) mass is 328 g/mol. The standard InChI is InChI=1S/C20H16N4O/c1-13(25)23-16-9-7-14(8-10-16)17-11-19(15-5-3-2-4-6-15)24-20(22)18(17)12-21/h2-11H,1H3,(H2,22,24)(H,23,25). The number of hydrogen-bond donors (Lipinski definition) is 2. The summed E-state index contributed by atoms with van der Waals surface area (Å²) in [6, 6.07) is 20.9. The van der Waals surface area contributed by atoms with E-state index in [1.54, 1.807) is 12.1 Å². The van der Waals surface area contributed by atoms with Crippen molar-refractivity contribution >= 4 is 17.4 Å². The van der Waals surface area contributed by atoms with Crippen LogP contribution in [-0.2, 0) is 4.79 Å². The summed E-state index contributed by atoms with van der Waals surface area (Å²) < 4.78 is 0. The van der Waals surface area contributed by atoms with Crippen LogP contribution in [-0.4, -0.2) is 10.9 Å². The molecule has 0 fully saturated rings. The van der Waals surface area contributed by atoms with Gasteiger partial charge in [-0.2, -0.15) is 5.26 Å². The van der Waals surface area contributed by atoms with Crippen LogP contribution in [0.4, 0.5) is 11.5 Å². The first kappa shape index (κ1) is 16.2. The summed E-state index contributed by atoms with van der Waals surface area (Å²) in [5.41, 5.74) is 10.2. The van der Waals surface area contributed by atoms with Crippen molar-refractivity contribution in [2.75, 3.05) is 11.1 Å². The maximum Gasteiger partial charge on any atom is 0.221 e. The number of hydrogen-bond acceptors (Lipinski definition) is 4. The lowest BCUT2D eigenvalue weighted by Crippen LogP contribution is -2.05. The van der Waals surface area contributed by atoms with Crippen molar-refractivity contribution in [3.8, 4) is 28.5 Å². The number of amides is 1. The number of carbonyl (C=O) groups is 1. The molecule has 5 heteroatoms.